The monoisotopic (exact) mass is 639 g/mol. The van der Waals surface area contributed by atoms with Gasteiger partial charge in [0.2, 0.25) is 11.8 Å². The molecule has 8 nitrogen and oxygen atoms in total. The Morgan fingerprint density at radius 3 is 2.17 bits per heavy atom. The topological polar surface area (TPSA) is 96.0 Å². The third kappa shape index (κ3) is 8.14. The standard InChI is InChI=1S/C37H41N3O5S/c1-28-13-11-19-32(23-28)40(46(43,44)34-21-7-4-8-22-34)27-36(41)39(26-30-16-12-20-33(24-30)45-2)35(25-29-14-5-3-6-15-29)37(42)38-31-17-9-10-18-31/h3-8,11-16,19-24,31,35H,9-10,17-18,25-27H2,1-2H3,(H,38,42). The summed E-state index contributed by atoms with van der Waals surface area (Å²) in [5, 5.41) is 3.20. The van der Waals surface area contributed by atoms with Crippen LogP contribution in [-0.2, 0) is 32.6 Å². The van der Waals surface area contributed by atoms with Gasteiger partial charge in [-0.2, -0.15) is 0 Å². The number of hydrogen-bond donors (Lipinski definition) is 1. The molecule has 0 bridgehead atoms. The van der Waals surface area contributed by atoms with Gasteiger partial charge in [0.05, 0.1) is 17.7 Å². The van der Waals surface area contributed by atoms with E-state index in [1.165, 1.54) is 17.0 Å². The van der Waals surface area contributed by atoms with Gasteiger partial charge < -0.3 is 15.0 Å². The number of carbonyl (C=O) groups is 2. The van der Waals surface area contributed by atoms with E-state index in [4.69, 9.17) is 4.74 Å². The van der Waals surface area contributed by atoms with E-state index in [9.17, 15) is 18.0 Å². The average molecular weight is 640 g/mol. The quantitative estimate of drug-likeness (QED) is 0.197. The zero-order valence-corrected chi connectivity index (χ0v) is 27.2. The van der Waals surface area contributed by atoms with Gasteiger partial charge in [-0.25, -0.2) is 8.42 Å². The Kier molecular flexibility index (Phi) is 10.8. The molecule has 1 fully saturated rings. The van der Waals surface area contributed by atoms with Crippen molar-refractivity contribution in [2.45, 2.75) is 62.6 Å². The Balaban J connectivity index is 1.57. The number of rotatable bonds is 13. The number of ether oxygens (including phenoxy) is 1. The van der Waals surface area contributed by atoms with Crippen molar-refractivity contribution in [3.63, 3.8) is 0 Å². The van der Waals surface area contributed by atoms with Crippen molar-refractivity contribution >= 4 is 27.5 Å². The van der Waals surface area contributed by atoms with Crippen LogP contribution in [-0.4, -0.2) is 50.9 Å². The molecule has 46 heavy (non-hydrogen) atoms. The van der Waals surface area contributed by atoms with Crippen molar-refractivity contribution in [3.8, 4) is 5.75 Å². The van der Waals surface area contributed by atoms with Crippen molar-refractivity contribution in [2.24, 2.45) is 0 Å². The maximum absolute atomic E-state index is 14.6. The highest BCUT2D eigenvalue weighted by Crippen LogP contribution is 2.26. The van der Waals surface area contributed by atoms with Crippen molar-refractivity contribution in [1.82, 2.24) is 10.2 Å². The number of aryl methyl sites for hydroxylation is 1. The molecule has 1 N–H and O–H groups in total. The maximum atomic E-state index is 14.6. The third-order valence-corrected chi connectivity index (χ3v) is 10.1. The molecular weight excluding hydrogens is 598 g/mol. The van der Waals surface area contributed by atoms with Crippen LogP contribution in [0.15, 0.2) is 114 Å². The van der Waals surface area contributed by atoms with Crippen LogP contribution in [0.2, 0.25) is 0 Å². The lowest BCUT2D eigenvalue weighted by molar-refractivity contribution is -0.140. The molecule has 4 aromatic rings. The number of benzene rings is 4. The Bertz CT molecular complexity index is 1720. The minimum atomic E-state index is -4.14. The minimum Gasteiger partial charge on any atom is -0.497 e. The Morgan fingerprint density at radius 2 is 1.50 bits per heavy atom. The molecule has 2 amide bonds. The average Bonchev–Trinajstić information content (AvgIpc) is 3.59. The van der Waals surface area contributed by atoms with E-state index >= 15 is 0 Å². The lowest BCUT2D eigenvalue weighted by Crippen LogP contribution is -2.54. The second-order valence-corrected chi connectivity index (χ2v) is 13.6. The van der Waals surface area contributed by atoms with Crippen LogP contribution in [0.5, 0.6) is 5.75 Å². The van der Waals surface area contributed by atoms with E-state index < -0.39 is 28.5 Å². The first-order valence-corrected chi connectivity index (χ1v) is 17.1. The second-order valence-electron chi connectivity index (χ2n) is 11.7. The summed E-state index contributed by atoms with van der Waals surface area (Å²) in [5.41, 5.74) is 2.87. The predicted molar refractivity (Wildman–Crippen MR) is 180 cm³/mol. The Hall–Kier alpha value is -4.63. The summed E-state index contributed by atoms with van der Waals surface area (Å²) >= 11 is 0. The summed E-state index contributed by atoms with van der Waals surface area (Å²) in [5.74, 6) is -0.126. The third-order valence-electron chi connectivity index (χ3n) is 8.36. The van der Waals surface area contributed by atoms with Crippen molar-refractivity contribution in [1.29, 1.82) is 0 Å². The van der Waals surface area contributed by atoms with Gasteiger partial charge in [0.25, 0.3) is 10.0 Å². The maximum Gasteiger partial charge on any atom is 0.264 e. The summed E-state index contributed by atoms with van der Waals surface area (Å²) in [7, 11) is -2.57. The summed E-state index contributed by atoms with van der Waals surface area (Å²) in [6.07, 6.45) is 4.15. The zero-order chi connectivity index (χ0) is 32.5. The molecule has 1 aliphatic carbocycles. The molecular formula is C37H41N3O5S. The van der Waals surface area contributed by atoms with Crippen LogP contribution >= 0.6 is 0 Å². The number of methoxy groups -OCH3 is 1. The van der Waals surface area contributed by atoms with Gasteiger partial charge in [0.1, 0.15) is 18.3 Å². The summed E-state index contributed by atoms with van der Waals surface area (Å²) in [6, 6.07) is 31.2. The smallest absolute Gasteiger partial charge is 0.264 e. The molecule has 5 rings (SSSR count). The summed E-state index contributed by atoms with van der Waals surface area (Å²) < 4.78 is 34.8. The first-order valence-electron chi connectivity index (χ1n) is 15.7. The molecule has 4 aromatic carbocycles. The lowest BCUT2D eigenvalue weighted by atomic mass is 10.0. The van der Waals surface area contributed by atoms with Crippen LogP contribution in [0.1, 0.15) is 42.4 Å². The highest BCUT2D eigenvalue weighted by atomic mass is 32.2. The van der Waals surface area contributed by atoms with Crippen molar-refractivity contribution in [2.75, 3.05) is 18.0 Å². The number of sulfonamides is 1. The van der Waals surface area contributed by atoms with Gasteiger partial charge in [-0.15, -0.1) is 0 Å². The number of amides is 2. The summed E-state index contributed by atoms with van der Waals surface area (Å²) in [6.45, 7) is 1.46. The van der Waals surface area contributed by atoms with Crippen molar-refractivity contribution in [3.05, 3.63) is 126 Å². The van der Waals surface area contributed by atoms with E-state index in [1.807, 2.05) is 67.6 Å². The molecule has 1 atom stereocenters. The zero-order valence-electron chi connectivity index (χ0n) is 26.3. The van der Waals surface area contributed by atoms with E-state index in [1.54, 1.807) is 43.5 Å². The minimum absolute atomic E-state index is 0.0433. The predicted octanol–water partition coefficient (Wildman–Crippen LogP) is 5.90. The normalized spacial score (nSPS) is 14.0. The highest BCUT2D eigenvalue weighted by Gasteiger charge is 2.35. The Morgan fingerprint density at radius 1 is 0.848 bits per heavy atom. The van der Waals surface area contributed by atoms with Crippen LogP contribution in [0.25, 0.3) is 0 Å². The van der Waals surface area contributed by atoms with Gasteiger partial charge in [-0.1, -0.05) is 85.6 Å². The van der Waals surface area contributed by atoms with Crippen LogP contribution in [0.4, 0.5) is 5.69 Å². The molecule has 0 heterocycles. The van der Waals surface area contributed by atoms with Gasteiger partial charge in [0.15, 0.2) is 0 Å². The van der Waals surface area contributed by atoms with Gasteiger partial charge in [-0.3, -0.25) is 13.9 Å². The van der Waals surface area contributed by atoms with Crippen LogP contribution in [0.3, 0.4) is 0 Å². The molecule has 240 valence electrons. The van der Waals surface area contributed by atoms with Gasteiger partial charge in [0, 0.05) is 19.0 Å². The van der Waals surface area contributed by atoms with E-state index in [-0.39, 0.29) is 29.8 Å². The molecule has 0 saturated heterocycles. The van der Waals surface area contributed by atoms with Gasteiger partial charge >= 0.3 is 0 Å². The highest BCUT2D eigenvalue weighted by molar-refractivity contribution is 7.92. The first kappa shape index (κ1) is 32.8. The molecule has 0 spiro atoms. The largest absolute Gasteiger partial charge is 0.497 e. The molecule has 1 saturated carbocycles. The number of anilines is 1. The van der Waals surface area contributed by atoms with Crippen LogP contribution in [0, 0.1) is 6.92 Å². The fraction of sp³-hybridized carbons (Fsp3) is 0.297. The Labute approximate surface area is 272 Å². The molecule has 1 aliphatic rings. The molecule has 0 radical (unpaired) electrons. The number of nitrogens with one attached hydrogen (secondary N) is 1. The van der Waals surface area contributed by atoms with Gasteiger partial charge in [-0.05, 0) is 72.9 Å². The fourth-order valence-electron chi connectivity index (χ4n) is 5.92. The van der Waals surface area contributed by atoms with Crippen molar-refractivity contribution < 1.29 is 22.7 Å². The van der Waals surface area contributed by atoms with E-state index in [0.717, 1.165) is 46.7 Å². The second kappa shape index (κ2) is 15.1. The number of carbonyl (C=O) groups excluding carboxylic acids is 2. The summed E-state index contributed by atoms with van der Waals surface area (Å²) in [4.78, 5) is 30.3. The van der Waals surface area contributed by atoms with Crippen LogP contribution < -0.4 is 14.4 Å². The molecule has 0 aromatic heterocycles. The first-order chi connectivity index (χ1) is 22.2. The number of hydrogen-bond acceptors (Lipinski definition) is 5. The van der Waals surface area contributed by atoms with E-state index in [0.29, 0.717) is 11.4 Å². The number of nitrogens with zero attached hydrogens (tertiary/aromatic N) is 2. The molecule has 0 aliphatic heterocycles. The fourth-order valence-corrected chi connectivity index (χ4v) is 7.35. The lowest BCUT2D eigenvalue weighted by Gasteiger charge is -2.34. The van der Waals surface area contributed by atoms with E-state index in [2.05, 4.69) is 5.32 Å². The molecule has 1 unspecified atom stereocenters. The molecule has 9 heteroatoms. The SMILES string of the molecule is COc1cccc(CN(C(=O)CN(c2cccc(C)c2)S(=O)(=O)c2ccccc2)C(Cc2ccccc2)C(=O)NC2CCCC2)c1.